The van der Waals surface area contributed by atoms with Crippen LogP contribution in [0.25, 0.3) is 0 Å². The van der Waals surface area contributed by atoms with Crippen LogP contribution in [0.5, 0.6) is 0 Å². The van der Waals surface area contributed by atoms with Crippen LogP contribution in [-0.4, -0.2) is 31.1 Å². The molecule has 0 radical (unpaired) electrons. The molecule has 6 nitrogen and oxygen atoms in total. The van der Waals surface area contributed by atoms with Crippen molar-refractivity contribution < 1.29 is 18.3 Å². The van der Waals surface area contributed by atoms with Crippen LogP contribution in [0.15, 0.2) is 23.1 Å². The van der Waals surface area contributed by atoms with Gasteiger partial charge < -0.3 is 10.4 Å². The molecule has 130 valence electrons. The van der Waals surface area contributed by atoms with E-state index in [1.165, 1.54) is 18.2 Å². The Balaban J connectivity index is 3.33. The molecule has 0 fully saturated rings. The Morgan fingerprint density at radius 3 is 2.39 bits per heavy atom. The number of nitrogens with one attached hydrogen (secondary N) is 2. The largest absolute Gasteiger partial charge is 0.478 e. The summed E-state index contributed by atoms with van der Waals surface area (Å²) >= 11 is 0. The second-order valence-corrected chi connectivity index (χ2v) is 8.38. The molecule has 1 aromatic rings. The van der Waals surface area contributed by atoms with Crippen molar-refractivity contribution in [1.29, 1.82) is 0 Å². The molecule has 1 aromatic carbocycles. The van der Waals surface area contributed by atoms with E-state index in [0.717, 1.165) is 6.42 Å². The highest BCUT2D eigenvalue weighted by Crippen LogP contribution is 2.26. The van der Waals surface area contributed by atoms with Crippen molar-refractivity contribution in [3.63, 3.8) is 0 Å². The van der Waals surface area contributed by atoms with Gasteiger partial charge in [-0.25, -0.2) is 17.9 Å². The number of rotatable bonds is 7. The summed E-state index contributed by atoms with van der Waals surface area (Å²) in [7, 11) is -3.82. The smallest absolute Gasteiger partial charge is 0.335 e. The standard InChI is InChI=1S/C16H26N2O4S/c1-6-7-11(2)18-23(21,22)14-10-12(15(19)20)8-9-13(14)17-16(3,4)5/h8-11,17-18H,6-7H2,1-5H3,(H,19,20). The lowest BCUT2D eigenvalue weighted by molar-refractivity contribution is 0.0696. The molecule has 0 amide bonds. The molecule has 3 N–H and O–H groups in total. The molecule has 0 spiro atoms. The molecule has 1 rings (SSSR count). The topological polar surface area (TPSA) is 95.5 Å². The molecule has 0 aliphatic rings. The number of sulfonamides is 1. The maximum atomic E-state index is 12.7. The van der Waals surface area contributed by atoms with Gasteiger partial charge in [-0.3, -0.25) is 0 Å². The zero-order chi connectivity index (χ0) is 17.8. The fourth-order valence-electron chi connectivity index (χ4n) is 2.21. The van der Waals surface area contributed by atoms with Crippen molar-refractivity contribution in [2.75, 3.05) is 5.32 Å². The van der Waals surface area contributed by atoms with Gasteiger partial charge in [0.05, 0.1) is 11.3 Å². The number of anilines is 1. The predicted octanol–water partition coefficient (Wildman–Crippen LogP) is 3.06. The Kier molecular flexibility index (Phi) is 6.18. The summed E-state index contributed by atoms with van der Waals surface area (Å²) in [6, 6.07) is 3.86. The molecule has 0 heterocycles. The van der Waals surface area contributed by atoms with Crippen molar-refractivity contribution in [2.24, 2.45) is 0 Å². The van der Waals surface area contributed by atoms with Gasteiger partial charge in [-0.15, -0.1) is 0 Å². The molecule has 0 saturated carbocycles. The Hall–Kier alpha value is -1.60. The first kappa shape index (κ1) is 19.4. The van der Waals surface area contributed by atoms with E-state index in [9.17, 15) is 13.2 Å². The Morgan fingerprint density at radius 2 is 1.91 bits per heavy atom. The third-order valence-corrected chi connectivity index (χ3v) is 4.74. The van der Waals surface area contributed by atoms with Gasteiger partial charge in [0, 0.05) is 11.6 Å². The highest BCUT2D eigenvalue weighted by atomic mass is 32.2. The van der Waals surface area contributed by atoms with E-state index in [-0.39, 0.29) is 22.0 Å². The molecule has 1 unspecified atom stereocenters. The molecular weight excluding hydrogens is 316 g/mol. The average Bonchev–Trinajstić information content (AvgIpc) is 2.36. The molecule has 0 aromatic heterocycles. The van der Waals surface area contributed by atoms with Crippen LogP contribution in [0, 0.1) is 0 Å². The van der Waals surface area contributed by atoms with Gasteiger partial charge in [-0.2, -0.15) is 0 Å². The summed E-state index contributed by atoms with van der Waals surface area (Å²) in [5.41, 5.74) is -0.0315. The lowest BCUT2D eigenvalue weighted by atomic mass is 10.1. The number of carbonyl (C=O) groups is 1. The Bertz CT molecular complexity index is 663. The molecule has 0 aliphatic heterocycles. The van der Waals surface area contributed by atoms with Crippen molar-refractivity contribution in [3.8, 4) is 0 Å². The van der Waals surface area contributed by atoms with Crippen molar-refractivity contribution in [2.45, 2.75) is 63.9 Å². The summed E-state index contributed by atoms with van der Waals surface area (Å²) in [5.74, 6) is -1.16. The van der Waals surface area contributed by atoms with Gasteiger partial charge >= 0.3 is 5.97 Å². The van der Waals surface area contributed by atoms with Gasteiger partial charge in [0.1, 0.15) is 4.90 Å². The minimum Gasteiger partial charge on any atom is -0.478 e. The zero-order valence-corrected chi connectivity index (χ0v) is 15.1. The Labute approximate surface area is 138 Å². The summed E-state index contributed by atoms with van der Waals surface area (Å²) < 4.78 is 27.9. The van der Waals surface area contributed by atoms with E-state index in [4.69, 9.17) is 5.11 Å². The lowest BCUT2D eigenvalue weighted by Crippen LogP contribution is -2.34. The van der Waals surface area contributed by atoms with Crippen LogP contribution in [0.4, 0.5) is 5.69 Å². The lowest BCUT2D eigenvalue weighted by Gasteiger charge is -2.25. The summed E-state index contributed by atoms with van der Waals surface area (Å²) in [4.78, 5) is 11.1. The van der Waals surface area contributed by atoms with Crippen LogP contribution in [-0.2, 0) is 10.0 Å². The third-order valence-electron chi connectivity index (χ3n) is 3.11. The quantitative estimate of drug-likeness (QED) is 0.708. The van der Waals surface area contributed by atoms with Crippen LogP contribution in [0.3, 0.4) is 0 Å². The summed E-state index contributed by atoms with van der Waals surface area (Å²) in [6.07, 6.45) is 1.56. The van der Waals surface area contributed by atoms with E-state index in [2.05, 4.69) is 10.0 Å². The minimum atomic E-state index is -3.82. The van der Waals surface area contributed by atoms with E-state index in [0.29, 0.717) is 12.1 Å². The molecule has 0 bridgehead atoms. The Morgan fingerprint density at radius 1 is 1.30 bits per heavy atom. The fraction of sp³-hybridized carbons (Fsp3) is 0.562. The zero-order valence-electron chi connectivity index (χ0n) is 14.3. The average molecular weight is 342 g/mol. The summed E-state index contributed by atoms with van der Waals surface area (Å²) in [5, 5.41) is 12.2. The van der Waals surface area contributed by atoms with Crippen LogP contribution < -0.4 is 10.0 Å². The molecular formula is C16H26N2O4S. The van der Waals surface area contributed by atoms with Crippen LogP contribution >= 0.6 is 0 Å². The van der Waals surface area contributed by atoms with Gasteiger partial charge in [0.2, 0.25) is 10.0 Å². The molecule has 7 heteroatoms. The predicted molar refractivity (Wildman–Crippen MR) is 91.5 cm³/mol. The van der Waals surface area contributed by atoms with E-state index >= 15 is 0 Å². The van der Waals surface area contributed by atoms with Gasteiger partial charge in [-0.1, -0.05) is 13.3 Å². The number of carboxylic acids is 1. The van der Waals surface area contributed by atoms with Gasteiger partial charge in [0.15, 0.2) is 0 Å². The first-order chi connectivity index (χ1) is 10.5. The number of aromatic carboxylic acids is 1. The minimum absolute atomic E-state index is 0.0460. The molecule has 1 atom stereocenters. The van der Waals surface area contributed by atoms with E-state index in [1.807, 2.05) is 27.7 Å². The SMILES string of the molecule is CCCC(C)NS(=O)(=O)c1cc(C(=O)O)ccc1NC(C)(C)C. The van der Waals surface area contributed by atoms with Gasteiger partial charge in [0.25, 0.3) is 0 Å². The van der Waals surface area contributed by atoms with Crippen molar-refractivity contribution >= 4 is 21.7 Å². The highest BCUT2D eigenvalue weighted by Gasteiger charge is 2.24. The van der Waals surface area contributed by atoms with Gasteiger partial charge in [-0.05, 0) is 52.3 Å². The fourth-order valence-corrected chi connectivity index (χ4v) is 3.67. The highest BCUT2D eigenvalue weighted by molar-refractivity contribution is 7.89. The van der Waals surface area contributed by atoms with Crippen molar-refractivity contribution in [3.05, 3.63) is 23.8 Å². The maximum absolute atomic E-state index is 12.7. The first-order valence-corrected chi connectivity index (χ1v) is 9.12. The number of carboxylic acid groups (broad SMARTS) is 1. The third kappa shape index (κ3) is 5.84. The monoisotopic (exact) mass is 342 g/mol. The second kappa shape index (κ2) is 7.31. The van der Waals surface area contributed by atoms with E-state index < -0.39 is 16.0 Å². The number of benzene rings is 1. The van der Waals surface area contributed by atoms with Crippen LogP contribution in [0.1, 0.15) is 57.8 Å². The maximum Gasteiger partial charge on any atom is 0.335 e. The molecule has 23 heavy (non-hydrogen) atoms. The second-order valence-electron chi connectivity index (χ2n) is 6.70. The number of hydrogen-bond acceptors (Lipinski definition) is 4. The van der Waals surface area contributed by atoms with Crippen molar-refractivity contribution in [1.82, 2.24) is 4.72 Å². The number of hydrogen-bond donors (Lipinski definition) is 3. The molecule has 0 saturated heterocycles. The summed E-state index contributed by atoms with van der Waals surface area (Å²) in [6.45, 7) is 9.48. The van der Waals surface area contributed by atoms with Crippen LogP contribution in [0.2, 0.25) is 0 Å². The first-order valence-electron chi connectivity index (χ1n) is 7.64. The normalized spacial score (nSPS) is 13.6. The van der Waals surface area contributed by atoms with E-state index in [1.54, 1.807) is 6.92 Å². The molecule has 0 aliphatic carbocycles.